The molecule has 0 bridgehead atoms. The van der Waals surface area contributed by atoms with Gasteiger partial charge in [0.2, 0.25) is 0 Å². The van der Waals surface area contributed by atoms with Crippen molar-refractivity contribution in [2.24, 2.45) is 7.05 Å². The van der Waals surface area contributed by atoms with E-state index in [9.17, 15) is 14.7 Å². The molecule has 1 aliphatic rings. The average Bonchev–Trinajstić information content (AvgIpc) is 3.11. The van der Waals surface area contributed by atoms with Gasteiger partial charge in [-0.1, -0.05) is 12.1 Å². The molecule has 0 radical (unpaired) electrons. The molecule has 8 heteroatoms. The Hall–Kier alpha value is -3.13. The summed E-state index contributed by atoms with van der Waals surface area (Å²) in [6.45, 7) is 4.52. The standard InChI is InChI=1S/C22H28N4O4/c1-13-17(14(2)25(5)23-13)20(27)18-19(15-8-7-9-16(12-15)30-6)26(11-10-24(3)4)22(29)21(18)28/h7-9,12,19,27H,10-11H2,1-6H3/b20-18+/t19-/m1/s1. The third-order valence-electron chi connectivity index (χ3n) is 5.48. The lowest BCUT2D eigenvalue weighted by Crippen LogP contribution is -2.35. The molecule has 1 fully saturated rings. The fourth-order valence-electron chi connectivity index (χ4n) is 3.83. The summed E-state index contributed by atoms with van der Waals surface area (Å²) in [5.41, 5.74) is 2.57. The number of amides is 1. The monoisotopic (exact) mass is 412 g/mol. The Balaban J connectivity index is 2.22. The van der Waals surface area contributed by atoms with Gasteiger partial charge in [0.25, 0.3) is 11.7 Å². The van der Waals surface area contributed by atoms with Crippen molar-refractivity contribution in [3.63, 3.8) is 0 Å². The topological polar surface area (TPSA) is 87.9 Å². The number of nitrogens with zero attached hydrogens (tertiary/aromatic N) is 4. The molecule has 0 unspecified atom stereocenters. The Morgan fingerprint density at radius 2 is 1.97 bits per heavy atom. The summed E-state index contributed by atoms with van der Waals surface area (Å²) in [6, 6.07) is 6.51. The van der Waals surface area contributed by atoms with Crippen molar-refractivity contribution < 1.29 is 19.4 Å². The fourth-order valence-corrected chi connectivity index (χ4v) is 3.83. The van der Waals surface area contributed by atoms with Gasteiger partial charge in [0.1, 0.15) is 11.5 Å². The first-order chi connectivity index (χ1) is 14.2. The number of carbonyl (C=O) groups excluding carboxylic acids is 2. The predicted octanol–water partition coefficient (Wildman–Crippen LogP) is 2.03. The highest BCUT2D eigenvalue weighted by Gasteiger charge is 2.46. The Bertz CT molecular complexity index is 1020. The number of rotatable bonds is 6. The van der Waals surface area contributed by atoms with E-state index < -0.39 is 17.7 Å². The molecule has 0 spiro atoms. The van der Waals surface area contributed by atoms with Gasteiger partial charge in [-0.3, -0.25) is 14.3 Å². The van der Waals surface area contributed by atoms with Crippen LogP contribution in [0.1, 0.15) is 28.6 Å². The number of Topliss-reactive ketones (excluding diaryl/α,β-unsaturated/α-hetero) is 1. The van der Waals surface area contributed by atoms with Crippen molar-refractivity contribution in [2.75, 3.05) is 34.3 Å². The number of ketones is 1. The number of ether oxygens (including phenoxy) is 1. The van der Waals surface area contributed by atoms with Crippen LogP contribution in [0.3, 0.4) is 0 Å². The smallest absolute Gasteiger partial charge is 0.295 e. The molecule has 2 aromatic rings. The number of aliphatic hydroxyl groups excluding tert-OH is 1. The van der Waals surface area contributed by atoms with Crippen molar-refractivity contribution >= 4 is 17.4 Å². The minimum atomic E-state index is -0.709. The summed E-state index contributed by atoms with van der Waals surface area (Å²) in [5.74, 6) is -0.900. The molecule has 1 atom stereocenters. The lowest BCUT2D eigenvalue weighted by atomic mass is 9.94. The van der Waals surface area contributed by atoms with Gasteiger partial charge in [-0.15, -0.1) is 0 Å². The molecule has 0 aliphatic carbocycles. The highest BCUT2D eigenvalue weighted by molar-refractivity contribution is 6.46. The average molecular weight is 412 g/mol. The van der Waals surface area contributed by atoms with Gasteiger partial charge in [0, 0.05) is 25.8 Å². The zero-order valence-corrected chi connectivity index (χ0v) is 18.3. The Morgan fingerprint density at radius 3 is 2.53 bits per heavy atom. The molecule has 1 amide bonds. The third kappa shape index (κ3) is 3.70. The number of likely N-dealkylation sites (tertiary alicyclic amines) is 1. The van der Waals surface area contributed by atoms with E-state index in [1.807, 2.05) is 32.0 Å². The van der Waals surface area contributed by atoms with E-state index in [0.717, 1.165) is 0 Å². The van der Waals surface area contributed by atoms with Crippen molar-refractivity contribution in [1.82, 2.24) is 19.6 Å². The van der Waals surface area contributed by atoms with Crippen LogP contribution in [0.25, 0.3) is 5.76 Å². The van der Waals surface area contributed by atoms with E-state index in [2.05, 4.69) is 5.10 Å². The number of hydrogen-bond donors (Lipinski definition) is 1. The zero-order valence-electron chi connectivity index (χ0n) is 18.3. The van der Waals surface area contributed by atoms with Crippen molar-refractivity contribution in [2.45, 2.75) is 19.9 Å². The van der Waals surface area contributed by atoms with E-state index >= 15 is 0 Å². The summed E-state index contributed by atoms with van der Waals surface area (Å²) in [4.78, 5) is 29.5. The molecule has 2 heterocycles. The molecular weight excluding hydrogens is 384 g/mol. The van der Waals surface area contributed by atoms with Crippen LogP contribution < -0.4 is 4.74 Å². The van der Waals surface area contributed by atoms with Gasteiger partial charge in [-0.05, 0) is 45.6 Å². The second-order valence-electron chi connectivity index (χ2n) is 7.74. The van der Waals surface area contributed by atoms with E-state index in [-0.39, 0.29) is 11.3 Å². The van der Waals surface area contributed by atoms with Crippen LogP contribution in [0.4, 0.5) is 0 Å². The first-order valence-electron chi connectivity index (χ1n) is 9.75. The van der Waals surface area contributed by atoms with E-state index in [4.69, 9.17) is 4.74 Å². The molecule has 1 N–H and O–H groups in total. The highest BCUT2D eigenvalue weighted by Crippen LogP contribution is 2.40. The molecule has 1 aliphatic heterocycles. The summed E-state index contributed by atoms with van der Waals surface area (Å²) in [7, 11) is 7.14. The van der Waals surface area contributed by atoms with E-state index in [1.54, 1.807) is 44.0 Å². The number of hydrogen-bond acceptors (Lipinski definition) is 6. The van der Waals surface area contributed by atoms with Gasteiger partial charge in [0.15, 0.2) is 0 Å². The van der Waals surface area contributed by atoms with Gasteiger partial charge in [0.05, 0.1) is 30.0 Å². The Morgan fingerprint density at radius 1 is 1.27 bits per heavy atom. The Kier molecular flexibility index (Phi) is 5.98. The fraction of sp³-hybridized carbons (Fsp3) is 0.409. The molecule has 3 rings (SSSR count). The van der Waals surface area contributed by atoms with Crippen LogP contribution >= 0.6 is 0 Å². The van der Waals surface area contributed by atoms with Gasteiger partial charge in [-0.25, -0.2) is 0 Å². The number of aliphatic hydroxyl groups is 1. The van der Waals surface area contributed by atoms with Crippen LogP contribution in [0.5, 0.6) is 5.75 Å². The van der Waals surface area contributed by atoms with E-state index in [1.165, 1.54) is 4.90 Å². The van der Waals surface area contributed by atoms with Crippen molar-refractivity contribution in [3.8, 4) is 5.75 Å². The Labute approximate surface area is 176 Å². The van der Waals surface area contributed by atoms with Gasteiger partial charge < -0.3 is 19.6 Å². The normalized spacial score (nSPS) is 18.5. The summed E-state index contributed by atoms with van der Waals surface area (Å²) < 4.78 is 6.98. The maximum atomic E-state index is 13.1. The quantitative estimate of drug-likeness (QED) is 0.444. The number of methoxy groups -OCH3 is 1. The second-order valence-corrected chi connectivity index (χ2v) is 7.74. The third-order valence-corrected chi connectivity index (χ3v) is 5.48. The van der Waals surface area contributed by atoms with Gasteiger partial charge >= 0.3 is 0 Å². The van der Waals surface area contributed by atoms with Crippen LogP contribution in [-0.4, -0.2) is 70.7 Å². The van der Waals surface area contributed by atoms with Crippen LogP contribution in [0.15, 0.2) is 29.8 Å². The molecule has 1 aromatic heterocycles. The SMILES string of the molecule is COc1cccc([C@@H]2/C(=C(\O)c3c(C)nn(C)c3C)C(=O)C(=O)N2CCN(C)C)c1. The molecule has 8 nitrogen and oxygen atoms in total. The van der Waals surface area contributed by atoms with E-state index in [0.29, 0.717) is 41.4 Å². The number of likely N-dealkylation sites (N-methyl/N-ethyl adjacent to an activating group) is 1. The molecule has 160 valence electrons. The predicted molar refractivity (Wildman–Crippen MR) is 113 cm³/mol. The molecule has 30 heavy (non-hydrogen) atoms. The highest BCUT2D eigenvalue weighted by atomic mass is 16.5. The van der Waals surface area contributed by atoms with Gasteiger partial charge in [-0.2, -0.15) is 5.10 Å². The largest absolute Gasteiger partial charge is 0.507 e. The number of benzene rings is 1. The first kappa shape index (κ1) is 21.6. The zero-order chi connectivity index (χ0) is 22.2. The van der Waals surface area contributed by atoms with Crippen molar-refractivity contribution in [1.29, 1.82) is 0 Å². The van der Waals surface area contributed by atoms with Crippen LogP contribution in [-0.2, 0) is 16.6 Å². The number of aromatic nitrogens is 2. The lowest BCUT2D eigenvalue weighted by Gasteiger charge is -2.26. The lowest BCUT2D eigenvalue weighted by molar-refractivity contribution is -0.140. The maximum absolute atomic E-state index is 13.1. The van der Waals surface area contributed by atoms with Crippen molar-refractivity contribution in [3.05, 3.63) is 52.4 Å². The second kappa shape index (κ2) is 8.31. The maximum Gasteiger partial charge on any atom is 0.295 e. The minimum absolute atomic E-state index is 0.0752. The van der Waals surface area contributed by atoms with Crippen LogP contribution in [0, 0.1) is 13.8 Å². The minimum Gasteiger partial charge on any atom is -0.507 e. The molecule has 1 aromatic carbocycles. The molecular formula is C22H28N4O4. The van der Waals surface area contributed by atoms with Crippen LogP contribution in [0.2, 0.25) is 0 Å². The molecule has 1 saturated heterocycles. The number of aryl methyl sites for hydroxylation is 2. The summed E-state index contributed by atoms with van der Waals surface area (Å²) in [6.07, 6.45) is 0. The first-order valence-corrected chi connectivity index (χ1v) is 9.75. The summed E-state index contributed by atoms with van der Waals surface area (Å²) in [5, 5.41) is 15.6. The molecule has 0 saturated carbocycles. The summed E-state index contributed by atoms with van der Waals surface area (Å²) >= 11 is 0. The number of carbonyl (C=O) groups is 2.